The zero-order chi connectivity index (χ0) is 23.3. The van der Waals surface area contributed by atoms with Gasteiger partial charge in [0.15, 0.2) is 10.9 Å². The van der Waals surface area contributed by atoms with Gasteiger partial charge in [0.1, 0.15) is 0 Å². The zero-order valence-electron chi connectivity index (χ0n) is 18.7. The maximum absolute atomic E-state index is 13.6. The number of benzene rings is 2. The first kappa shape index (κ1) is 22.0. The highest BCUT2D eigenvalue weighted by atomic mass is 79.9. The summed E-state index contributed by atoms with van der Waals surface area (Å²) in [5.41, 5.74) is 4.65. The number of nitrogens with one attached hydrogen (secondary N) is 2. The van der Waals surface area contributed by atoms with Crippen LogP contribution in [0.15, 0.2) is 75.5 Å². The van der Waals surface area contributed by atoms with Gasteiger partial charge in [0.2, 0.25) is 0 Å². The number of rotatable bonds is 3. The van der Waals surface area contributed by atoms with Gasteiger partial charge in [0.05, 0.1) is 10.2 Å². The van der Waals surface area contributed by atoms with Crippen LogP contribution < -0.4 is 10.6 Å². The highest BCUT2D eigenvalue weighted by Gasteiger charge is 2.42. The van der Waals surface area contributed by atoms with E-state index in [-0.39, 0.29) is 17.1 Å². The van der Waals surface area contributed by atoms with Crippen LogP contribution in [0.4, 0.5) is 5.13 Å². The van der Waals surface area contributed by atoms with Gasteiger partial charge in [-0.2, -0.15) is 0 Å². The number of halogens is 1. The van der Waals surface area contributed by atoms with Crippen molar-refractivity contribution >= 4 is 54.3 Å². The van der Waals surface area contributed by atoms with Crippen molar-refractivity contribution in [2.45, 2.75) is 39.5 Å². The Morgan fingerprint density at radius 3 is 2.70 bits per heavy atom. The fraction of sp³-hybridized carbons (Fsp3) is 0.269. The molecule has 1 aromatic heterocycles. The Kier molecular flexibility index (Phi) is 5.49. The van der Waals surface area contributed by atoms with E-state index in [0.29, 0.717) is 22.7 Å². The molecule has 168 valence electrons. The van der Waals surface area contributed by atoms with E-state index < -0.39 is 5.92 Å². The quantitative estimate of drug-likeness (QED) is 0.424. The van der Waals surface area contributed by atoms with E-state index in [1.165, 1.54) is 11.3 Å². The number of hydrogen-bond donors (Lipinski definition) is 2. The molecule has 1 aliphatic carbocycles. The van der Waals surface area contributed by atoms with Crippen LogP contribution in [0.2, 0.25) is 0 Å². The molecule has 0 spiro atoms. The summed E-state index contributed by atoms with van der Waals surface area (Å²) in [5, 5.41) is 6.95. The summed E-state index contributed by atoms with van der Waals surface area (Å²) in [5.74, 6) is -0.545. The summed E-state index contributed by atoms with van der Waals surface area (Å²) in [6, 6.07) is 15.7. The summed E-state index contributed by atoms with van der Waals surface area (Å²) < 4.78 is 1.95. The van der Waals surface area contributed by atoms with Gasteiger partial charge in [0, 0.05) is 39.4 Å². The average molecular weight is 522 g/mol. The monoisotopic (exact) mass is 521 g/mol. The molecule has 0 radical (unpaired) electrons. The first-order valence-corrected chi connectivity index (χ1v) is 12.5. The van der Waals surface area contributed by atoms with Crippen molar-refractivity contribution in [3.05, 3.63) is 81.1 Å². The molecule has 5 rings (SSSR count). The topological polar surface area (TPSA) is 71.1 Å². The molecule has 1 atom stereocenters. The number of fused-ring (bicyclic) bond motifs is 1. The molecule has 5 nitrogen and oxygen atoms in total. The van der Waals surface area contributed by atoms with Crippen LogP contribution >= 0.6 is 27.3 Å². The minimum Gasteiger partial charge on any atom is -0.362 e. The minimum absolute atomic E-state index is 0.102. The molecule has 33 heavy (non-hydrogen) atoms. The van der Waals surface area contributed by atoms with Crippen molar-refractivity contribution < 1.29 is 9.59 Å². The van der Waals surface area contributed by atoms with E-state index >= 15 is 0 Å². The minimum atomic E-state index is -0.408. The first-order valence-electron chi connectivity index (χ1n) is 10.9. The van der Waals surface area contributed by atoms with Crippen LogP contribution in [0.5, 0.6) is 0 Å². The lowest BCUT2D eigenvalue weighted by atomic mass is 9.68. The lowest BCUT2D eigenvalue weighted by molar-refractivity contribution is -0.118. The van der Waals surface area contributed by atoms with E-state index in [2.05, 4.69) is 45.4 Å². The van der Waals surface area contributed by atoms with Crippen molar-refractivity contribution in [3.63, 3.8) is 0 Å². The number of Topliss-reactive ketones (excluding diaryl/α,β-unsaturated/α-hetero) is 1. The third-order valence-corrected chi connectivity index (χ3v) is 7.62. The van der Waals surface area contributed by atoms with Gasteiger partial charge < -0.3 is 5.32 Å². The number of dihydropyridines is 1. The van der Waals surface area contributed by atoms with Gasteiger partial charge >= 0.3 is 0 Å². The van der Waals surface area contributed by atoms with Gasteiger partial charge in [-0.25, -0.2) is 4.98 Å². The lowest BCUT2D eigenvalue weighted by Crippen LogP contribution is -2.39. The number of carbonyl (C=O) groups excluding carboxylic acids is 2. The van der Waals surface area contributed by atoms with Gasteiger partial charge in [-0.05, 0) is 42.5 Å². The Labute approximate surface area is 205 Å². The molecular weight excluding hydrogens is 498 g/mol. The molecule has 2 N–H and O–H groups in total. The van der Waals surface area contributed by atoms with Crippen LogP contribution in [0.1, 0.15) is 45.1 Å². The predicted molar refractivity (Wildman–Crippen MR) is 136 cm³/mol. The number of aromatic nitrogens is 1. The summed E-state index contributed by atoms with van der Waals surface area (Å²) >= 11 is 4.91. The second kappa shape index (κ2) is 8.22. The summed E-state index contributed by atoms with van der Waals surface area (Å²) in [7, 11) is 0. The van der Waals surface area contributed by atoms with Crippen molar-refractivity contribution in [2.75, 3.05) is 5.32 Å². The molecule has 2 heterocycles. The zero-order valence-corrected chi connectivity index (χ0v) is 21.1. The number of ketones is 1. The fourth-order valence-corrected chi connectivity index (χ4v) is 6.25. The van der Waals surface area contributed by atoms with Gasteiger partial charge in [0.25, 0.3) is 5.91 Å². The third kappa shape index (κ3) is 4.15. The van der Waals surface area contributed by atoms with Crippen LogP contribution in [0.25, 0.3) is 10.2 Å². The normalized spacial score (nSPS) is 20.0. The Hall–Kier alpha value is -2.77. The largest absolute Gasteiger partial charge is 0.362 e. The van der Waals surface area contributed by atoms with Crippen molar-refractivity contribution in [1.82, 2.24) is 10.3 Å². The number of hydrogen-bond acceptors (Lipinski definition) is 5. The Morgan fingerprint density at radius 2 is 1.94 bits per heavy atom. The Balaban J connectivity index is 1.56. The van der Waals surface area contributed by atoms with E-state index in [1.807, 2.05) is 55.5 Å². The molecule has 0 saturated heterocycles. The second-order valence-electron chi connectivity index (χ2n) is 9.43. The van der Waals surface area contributed by atoms with E-state index in [1.54, 1.807) is 0 Å². The highest BCUT2D eigenvalue weighted by Crippen LogP contribution is 2.46. The number of anilines is 1. The van der Waals surface area contributed by atoms with Crippen molar-refractivity contribution in [1.29, 1.82) is 0 Å². The van der Waals surface area contributed by atoms with Gasteiger partial charge in [-0.3, -0.25) is 14.9 Å². The maximum atomic E-state index is 13.6. The summed E-state index contributed by atoms with van der Waals surface area (Å²) in [4.78, 5) is 31.5. The lowest BCUT2D eigenvalue weighted by Gasteiger charge is -2.39. The summed E-state index contributed by atoms with van der Waals surface area (Å²) in [6.45, 7) is 6.14. The molecule has 2 aromatic carbocycles. The Bertz CT molecular complexity index is 1350. The molecule has 7 heteroatoms. The Morgan fingerprint density at radius 1 is 1.18 bits per heavy atom. The smallest absolute Gasteiger partial charge is 0.256 e. The number of amides is 1. The number of thiazole rings is 1. The molecule has 0 bridgehead atoms. The van der Waals surface area contributed by atoms with Crippen LogP contribution in [0.3, 0.4) is 0 Å². The van der Waals surface area contributed by atoms with E-state index in [9.17, 15) is 9.59 Å². The first-order chi connectivity index (χ1) is 15.7. The van der Waals surface area contributed by atoms with Gasteiger partial charge in [-0.1, -0.05) is 71.4 Å². The van der Waals surface area contributed by atoms with Crippen molar-refractivity contribution in [3.8, 4) is 0 Å². The maximum Gasteiger partial charge on any atom is 0.256 e. The predicted octanol–water partition coefficient (Wildman–Crippen LogP) is 6.30. The molecule has 1 amide bonds. The van der Waals surface area contributed by atoms with Crippen LogP contribution in [-0.4, -0.2) is 16.7 Å². The molecule has 2 aliphatic rings. The molecule has 3 aromatic rings. The van der Waals surface area contributed by atoms with E-state index in [0.717, 1.165) is 38.1 Å². The van der Waals surface area contributed by atoms with Gasteiger partial charge in [-0.15, -0.1) is 0 Å². The second-order valence-corrected chi connectivity index (χ2v) is 11.4. The van der Waals surface area contributed by atoms with E-state index in [4.69, 9.17) is 0 Å². The summed E-state index contributed by atoms with van der Waals surface area (Å²) in [6.07, 6.45) is 1.24. The van der Waals surface area contributed by atoms with Crippen molar-refractivity contribution in [2.24, 2.45) is 5.41 Å². The molecule has 0 fully saturated rings. The van der Waals surface area contributed by atoms with Crippen LogP contribution in [0, 0.1) is 5.41 Å². The molecule has 1 unspecified atom stereocenters. The van der Waals surface area contributed by atoms with Crippen LogP contribution in [-0.2, 0) is 9.59 Å². The average Bonchev–Trinajstić information content (AvgIpc) is 3.13. The third-order valence-electron chi connectivity index (χ3n) is 6.19. The number of nitrogens with zero attached hydrogens (tertiary/aromatic N) is 1. The number of carbonyl (C=O) groups is 2. The molecular formula is C26H24BrN3O2S. The molecule has 0 saturated carbocycles. The highest BCUT2D eigenvalue weighted by molar-refractivity contribution is 9.10. The fourth-order valence-electron chi connectivity index (χ4n) is 4.83. The molecule has 1 aliphatic heterocycles. The number of allylic oxidation sites excluding steroid dienone is 3. The standard InChI is InChI=1S/C26H24BrN3O2S/c1-14-21(24(32)30-25-29-17-10-9-16(27)11-20(17)33-25)22(15-7-5-4-6-8-15)23-18(28-14)12-26(2,3)13-19(23)31/h4-11,22,28H,12-13H2,1-3H3,(H,29,30,32). The SMILES string of the molecule is CC1=C(C(=O)Nc2nc3ccc(Br)cc3s2)C(c2ccccc2)C2=C(CC(C)(C)CC2=O)N1.